The van der Waals surface area contributed by atoms with Crippen LogP contribution < -0.4 is 0 Å². The fourth-order valence-electron chi connectivity index (χ4n) is 4.78. The van der Waals surface area contributed by atoms with Crippen LogP contribution in [-0.4, -0.2) is 49.5 Å². The van der Waals surface area contributed by atoms with Gasteiger partial charge >= 0.3 is 0 Å². The van der Waals surface area contributed by atoms with E-state index < -0.39 is 0 Å². The Labute approximate surface area is 362 Å². The number of hydrogen-bond donors (Lipinski definition) is 0. The maximum atomic E-state index is 4.10. The second kappa shape index (κ2) is 44.0. The van der Waals surface area contributed by atoms with Crippen LogP contribution in [0.5, 0.6) is 0 Å². The summed E-state index contributed by atoms with van der Waals surface area (Å²) in [5, 5.41) is 0. The Hall–Kier alpha value is -5.07. The molecule has 0 spiro atoms. The highest BCUT2D eigenvalue weighted by Gasteiger charge is 2.08. The van der Waals surface area contributed by atoms with E-state index in [0.717, 1.165) is 42.8 Å². The molecule has 0 amide bonds. The second-order valence-electron chi connectivity index (χ2n) is 13.2. The van der Waals surface area contributed by atoms with Crippen molar-refractivity contribution in [3.63, 3.8) is 0 Å². The summed E-state index contributed by atoms with van der Waals surface area (Å²) in [4.78, 5) is 22.3. The molecular formula is C53H80N6. The maximum absolute atomic E-state index is 4.10. The van der Waals surface area contributed by atoms with E-state index in [-0.39, 0.29) is 0 Å². The van der Waals surface area contributed by atoms with Gasteiger partial charge in [0.2, 0.25) is 0 Å². The lowest BCUT2D eigenvalue weighted by Crippen LogP contribution is -2.19. The standard InChI is InChI=1S/2C8H10.C7H9N.C7H15N.C7H8.C6H8N2.C5H6N2.C3H8.C2H6/c2*1-2-8-6-4-3-5-7-8;1-2-7-5-3-4-6-8-7;1-2-5-8-6-3-4-7-8;1-7-5-3-2-4-6-7;1-2-6-5-7-3-4-8-6;1-5-4-6-2-3-7-5;1-3-2;1-2/h2*3-7H,2H2,1H3;3-6H,2H2,1H3;2-7H2,1H3;2-6H,1H3;3-5H,2H2,1H3;2-4H,1H3;3H2,1-2H3;1-2H3. The predicted octanol–water partition coefficient (Wildman–Crippen LogP) is 13.9. The van der Waals surface area contributed by atoms with Gasteiger partial charge in [-0.2, -0.15) is 0 Å². The van der Waals surface area contributed by atoms with Gasteiger partial charge in [0.05, 0.1) is 11.4 Å². The zero-order chi connectivity index (χ0) is 44.0. The van der Waals surface area contributed by atoms with Crippen LogP contribution in [0.4, 0.5) is 0 Å². The van der Waals surface area contributed by atoms with Crippen molar-refractivity contribution in [1.29, 1.82) is 0 Å². The molecule has 0 bridgehead atoms. The number of rotatable bonds is 6. The minimum atomic E-state index is 0.961. The Morgan fingerprint density at radius 3 is 1.15 bits per heavy atom. The van der Waals surface area contributed by atoms with E-state index in [9.17, 15) is 0 Å². The van der Waals surface area contributed by atoms with Gasteiger partial charge in [-0.05, 0) is 102 Å². The Bertz CT molecular complexity index is 1420. The van der Waals surface area contributed by atoms with Gasteiger partial charge in [-0.15, -0.1) is 0 Å². The zero-order valence-electron chi connectivity index (χ0n) is 38.9. The van der Waals surface area contributed by atoms with Gasteiger partial charge in [0, 0.05) is 49.1 Å². The summed E-state index contributed by atoms with van der Waals surface area (Å²) >= 11 is 0. The minimum absolute atomic E-state index is 0.961. The van der Waals surface area contributed by atoms with Gasteiger partial charge in [0.25, 0.3) is 0 Å². The van der Waals surface area contributed by atoms with Crippen molar-refractivity contribution in [2.75, 3.05) is 19.6 Å². The van der Waals surface area contributed by atoms with Crippen molar-refractivity contribution in [3.8, 4) is 0 Å². The third-order valence-corrected chi connectivity index (χ3v) is 7.94. The molecule has 6 heteroatoms. The van der Waals surface area contributed by atoms with Crippen molar-refractivity contribution in [2.45, 2.75) is 128 Å². The molecule has 6 nitrogen and oxygen atoms in total. The van der Waals surface area contributed by atoms with Gasteiger partial charge in [-0.1, -0.05) is 171 Å². The largest absolute Gasteiger partial charge is 0.303 e. The monoisotopic (exact) mass is 801 g/mol. The van der Waals surface area contributed by atoms with Crippen LogP contribution in [0.3, 0.4) is 0 Å². The Kier molecular flexibility index (Phi) is 41.8. The molecule has 1 aliphatic heterocycles. The average Bonchev–Trinajstić information content (AvgIpc) is 3.84. The van der Waals surface area contributed by atoms with Crippen LogP contribution in [0.15, 0.2) is 153 Å². The highest BCUT2D eigenvalue weighted by atomic mass is 15.1. The lowest BCUT2D eigenvalue weighted by atomic mass is 10.2. The van der Waals surface area contributed by atoms with Crippen molar-refractivity contribution in [3.05, 3.63) is 186 Å². The number of aromatic nitrogens is 5. The number of likely N-dealkylation sites (tertiary alicyclic amines) is 1. The van der Waals surface area contributed by atoms with Crippen LogP contribution in [0.2, 0.25) is 0 Å². The van der Waals surface area contributed by atoms with E-state index in [2.05, 4.69) is 146 Å². The molecule has 3 aromatic carbocycles. The molecule has 0 saturated carbocycles. The van der Waals surface area contributed by atoms with Crippen LogP contribution in [0.25, 0.3) is 0 Å². The van der Waals surface area contributed by atoms with Gasteiger partial charge in [0.15, 0.2) is 0 Å². The second-order valence-corrected chi connectivity index (χ2v) is 13.2. The molecule has 0 aliphatic carbocycles. The molecule has 1 saturated heterocycles. The van der Waals surface area contributed by atoms with Crippen molar-refractivity contribution in [1.82, 2.24) is 29.8 Å². The number of pyridine rings is 1. The fraction of sp³-hybridized carbons (Fsp3) is 0.415. The van der Waals surface area contributed by atoms with E-state index in [0.29, 0.717) is 0 Å². The lowest BCUT2D eigenvalue weighted by molar-refractivity contribution is 0.339. The van der Waals surface area contributed by atoms with E-state index in [1.165, 1.54) is 62.0 Å². The third-order valence-electron chi connectivity index (χ3n) is 7.94. The smallest absolute Gasteiger partial charge is 0.0583 e. The first-order valence-electron chi connectivity index (χ1n) is 22.1. The average molecular weight is 801 g/mol. The minimum Gasteiger partial charge on any atom is -0.303 e. The van der Waals surface area contributed by atoms with Gasteiger partial charge in [-0.3, -0.25) is 24.9 Å². The predicted molar refractivity (Wildman–Crippen MR) is 258 cm³/mol. The Balaban J connectivity index is 0. The molecule has 1 fully saturated rings. The molecule has 3 aromatic heterocycles. The van der Waals surface area contributed by atoms with E-state index in [1.807, 2.05) is 75.5 Å². The molecule has 1 aliphatic rings. The van der Waals surface area contributed by atoms with Gasteiger partial charge in [-0.25, -0.2) is 0 Å². The molecule has 0 radical (unpaired) electrons. The van der Waals surface area contributed by atoms with Crippen LogP contribution in [0.1, 0.15) is 122 Å². The van der Waals surface area contributed by atoms with E-state index in [4.69, 9.17) is 0 Å². The zero-order valence-corrected chi connectivity index (χ0v) is 38.9. The van der Waals surface area contributed by atoms with E-state index >= 15 is 0 Å². The van der Waals surface area contributed by atoms with Gasteiger partial charge in [0.1, 0.15) is 0 Å². The maximum Gasteiger partial charge on any atom is 0.0583 e. The molecule has 0 N–H and O–H groups in total. The highest BCUT2D eigenvalue weighted by Crippen LogP contribution is 2.06. The molecule has 59 heavy (non-hydrogen) atoms. The first-order valence-corrected chi connectivity index (χ1v) is 22.1. The summed E-state index contributed by atoms with van der Waals surface area (Å²) in [6, 6.07) is 37.1. The van der Waals surface area contributed by atoms with Crippen molar-refractivity contribution in [2.24, 2.45) is 0 Å². The van der Waals surface area contributed by atoms with Crippen molar-refractivity contribution >= 4 is 0 Å². The van der Waals surface area contributed by atoms with E-state index in [1.54, 1.807) is 37.2 Å². The normalized spacial score (nSPS) is 10.4. The van der Waals surface area contributed by atoms with Crippen LogP contribution >= 0.6 is 0 Å². The number of nitrogens with zero attached hydrogens (tertiary/aromatic N) is 6. The topological polar surface area (TPSA) is 67.7 Å². The number of hydrogen-bond acceptors (Lipinski definition) is 6. The Morgan fingerprint density at radius 1 is 0.458 bits per heavy atom. The molecule has 7 rings (SSSR count). The van der Waals surface area contributed by atoms with Crippen LogP contribution in [0, 0.1) is 13.8 Å². The summed E-state index contributed by atoms with van der Waals surface area (Å²) in [5.74, 6) is 0. The summed E-state index contributed by atoms with van der Waals surface area (Å²) in [6.45, 7) is 27.0. The number of aryl methyl sites for hydroxylation is 6. The number of benzene rings is 3. The highest BCUT2D eigenvalue weighted by molar-refractivity contribution is 5.15. The molecule has 322 valence electrons. The van der Waals surface area contributed by atoms with Crippen LogP contribution in [-0.2, 0) is 25.7 Å². The first-order chi connectivity index (χ1) is 28.9. The van der Waals surface area contributed by atoms with Crippen molar-refractivity contribution < 1.29 is 0 Å². The molecule has 0 unspecified atom stereocenters. The molecule has 4 heterocycles. The quantitative estimate of drug-likeness (QED) is 0.167. The SMILES string of the molecule is CC.CCC.CCCN1CCCC1.CCc1ccccc1.CCc1ccccc1.CCc1ccccn1.CCc1cnccn1.Cc1ccccc1.Cc1cnccn1. The third kappa shape index (κ3) is 37.0. The first kappa shape index (κ1) is 56.0. The molecule has 6 aromatic rings. The molecule has 0 atom stereocenters. The lowest BCUT2D eigenvalue weighted by Gasteiger charge is -2.11. The van der Waals surface area contributed by atoms with Gasteiger partial charge < -0.3 is 4.90 Å². The summed E-state index contributed by atoms with van der Waals surface area (Å²) in [7, 11) is 0. The molecular weight excluding hydrogens is 721 g/mol. The summed E-state index contributed by atoms with van der Waals surface area (Å²) < 4.78 is 0. The fourth-order valence-corrected chi connectivity index (χ4v) is 4.78. The Morgan fingerprint density at radius 2 is 0.898 bits per heavy atom. The summed E-state index contributed by atoms with van der Waals surface area (Å²) in [6.07, 6.45) is 21.7. The summed E-state index contributed by atoms with van der Waals surface area (Å²) in [5.41, 5.74) is 7.31.